The van der Waals surface area contributed by atoms with Crippen LogP contribution in [0.15, 0.2) is 10.9 Å². The Kier molecular flexibility index (Phi) is 4.53. The third kappa shape index (κ3) is 2.58. The number of aryl methyl sites for hydroxylation is 2. The van der Waals surface area contributed by atoms with Crippen LogP contribution in [0.1, 0.15) is 35.0 Å². The van der Waals surface area contributed by atoms with E-state index >= 15 is 0 Å². The van der Waals surface area contributed by atoms with E-state index in [-0.39, 0.29) is 35.2 Å². The molecule has 2 aliphatic rings. The number of likely N-dealkylation sites (N-methyl/N-ethyl adjacent to an activating group) is 1. The van der Waals surface area contributed by atoms with Crippen LogP contribution in [0.4, 0.5) is 0 Å². The molecule has 0 aromatic carbocycles. The number of amides is 1. The van der Waals surface area contributed by atoms with Crippen molar-refractivity contribution in [2.75, 3.05) is 20.7 Å². The number of aromatic nitrogens is 1. The zero-order valence-corrected chi connectivity index (χ0v) is 15.1. The van der Waals surface area contributed by atoms with Crippen molar-refractivity contribution in [3.8, 4) is 0 Å². The van der Waals surface area contributed by atoms with Crippen molar-refractivity contribution in [1.29, 1.82) is 0 Å². The van der Waals surface area contributed by atoms with Gasteiger partial charge < -0.3 is 19.5 Å². The predicted octanol–water partition coefficient (Wildman–Crippen LogP) is 0.932. The molecule has 2 fully saturated rings. The summed E-state index contributed by atoms with van der Waals surface area (Å²) in [5, 5.41) is 3.11. The molecule has 1 aromatic heterocycles. The van der Waals surface area contributed by atoms with Crippen molar-refractivity contribution < 1.29 is 9.53 Å². The van der Waals surface area contributed by atoms with E-state index < -0.39 is 0 Å². The van der Waals surface area contributed by atoms with Crippen molar-refractivity contribution in [2.45, 2.75) is 51.9 Å². The standard InChI is InChI=1S/C18H27N3O3/c1-6-21-11(3)9-10(2)13(18(21)23)17(22)19-14-12-7-8-24-16(12)15(14)20(4)5/h9,12,14-16H,6-8H2,1-5H3,(H,19,22)/t12-,14+,15-,16-/m1/s1. The van der Waals surface area contributed by atoms with Gasteiger partial charge in [-0.1, -0.05) is 0 Å². The molecule has 0 radical (unpaired) electrons. The molecule has 1 N–H and O–H groups in total. The minimum atomic E-state index is -0.262. The molecule has 1 saturated heterocycles. The van der Waals surface area contributed by atoms with Crippen molar-refractivity contribution in [2.24, 2.45) is 5.92 Å². The number of carbonyl (C=O) groups is 1. The van der Waals surface area contributed by atoms with Crippen LogP contribution in [0.25, 0.3) is 0 Å². The molecule has 3 rings (SSSR count). The van der Waals surface area contributed by atoms with Gasteiger partial charge in [-0.25, -0.2) is 0 Å². The first-order chi connectivity index (χ1) is 11.4. The van der Waals surface area contributed by atoms with E-state index in [1.165, 1.54) is 0 Å². The van der Waals surface area contributed by atoms with Gasteiger partial charge in [0.2, 0.25) is 0 Å². The van der Waals surface area contributed by atoms with Crippen LogP contribution in [0.5, 0.6) is 0 Å². The zero-order chi connectivity index (χ0) is 17.6. The maximum atomic E-state index is 12.8. The molecule has 132 valence electrons. The van der Waals surface area contributed by atoms with Crippen LogP contribution in [0.2, 0.25) is 0 Å². The highest BCUT2D eigenvalue weighted by atomic mass is 16.5. The molecule has 6 nitrogen and oxygen atoms in total. The maximum absolute atomic E-state index is 12.8. The third-order valence-corrected chi connectivity index (χ3v) is 5.49. The number of fused-ring (bicyclic) bond motifs is 1. The van der Waals surface area contributed by atoms with E-state index in [2.05, 4.69) is 10.2 Å². The Labute approximate surface area is 142 Å². The Hall–Kier alpha value is -1.66. The number of carbonyl (C=O) groups excluding carboxylic acids is 1. The number of nitrogens with zero attached hydrogens (tertiary/aromatic N) is 2. The van der Waals surface area contributed by atoms with Crippen molar-refractivity contribution >= 4 is 5.91 Å². The lowest BCUT2D eigenvalue weighted by molar-refractivity contribution is -0.0664. The summed E-state index contributed by atoms with van der Waals surface area (Å²) in [4.78, 5) is 27.6. The SMILES string of the molecule is CCn1c(C)cc(C)c(C(=O)N[C@H]2[C@H]3CCO[C@H]3[C@@H]2N(C)C)c1=O. The molecule has 1 aromatic rings. The second-order valence-corrected chi connectivity index (χ2v) is 7.13. The number of nitrogens with one attached hydrogen (secondary N) is 1. The van der Waals surface area contributed by atoms with Gasteiger partial charge in [-0.2, -0.15) is 0 Å². The average Bonchev–Trinajstić information content (AvgIpc) is 2.87. The van der Waals surface area contributed by atoms with Gasteiger partial charge >= 0.3 is 0 Å². The molecule has 4 atom stereocenters. The van der Waals surface area contributed by atoms with Gasteiger partial charge in [0.1, 0.15) is 5.56 Å². The lowest BCUT2D eigenvalue weighted by Gasteiger charge is -2.50. The van der Waals surface area contributed by atoms with E-state index in [1.807, 2.05) is 40.9 Å². The Balaban J connectivity index is 1.87. The van der Waals surface area contributed by atoms with E-state index in [9.17, 15) is 9.59 Å². The fraction of sp³-hybridized carbons (Fsp3) is 0.667. The van der Waals surface area contributed by atoms with Gasteiger partial charge in [-0.3, -0.25) is 9.59 Å². The maximum Gasteiger partial charge on any atom is 0.263 e. The molecule has 1 aliphatic carbocycles. The van der Waals surface area contributed by atoms with E-state index in [0.717, 1.165) is 24.3 Å². The molecule has 0 spiro atoms. The highest BCUT2D eigenvalue weighted by Crippen LogP contribution is 2.41. The van der Waals surface area contributed by atoms with Crippen molar-refractivity contribution in [1.82, 2.24) is 14.8 Å². The van der Waals surface area contributed by atoms with Gasteiger partial charge in [0, 0.05) is 24.8 Å². The summed E-state index contributed by atoms with van der Waals surface area (Å²) in [6.45, 7) is 6.95. The molecule has 2 heterocycles. The van der Waals surface area contributed by atoms with E-state index in [4.69, 9.17) is 4.74 Å². The second-order valence-electron chi connectivity index (χ2n) is 7.13. The van der Waals surface area contributed by atoms with Crippen LogP contribution in [-0.4, -0.2) is 54.3 Å². The zero-order valence-electron chi connectivity index (χ0n) is 15.1. The summed E-state index contributed by atoms with van der Waals surface area (Å²) in [7, 11) is 4.01. The first-order valence-electron chi connectivity index (χ1n) is 8.66. The summed E-state index contributed by atoms with van der Waals surface area (Å²) in [6.07, 6.45) is 1.16. The Bertz CT molecular complexity index is 710. The number of rotatable bonds is 4. The highest BCUT2D eigenvalue weighted by molar-refractivity contribution is 5.95. The smallest absolute Gasteiger partial charge is 0.263 e. The average molecular weight is 333 g/mol. The lowest BCUT2D eigenvalue weighted by atomic mass is 9.71. The largest absolute Gasteiger partial charge is 0.376 e. The molecule has 1 amide bonds. The van der Waals surface area contributed by atoms with Crippen LogP contribution < -0.4 is 10.9 Å². The van der Waals surface area contributed by atoms with Gasteiger partial charge in [0.15, 0.2) is 0 Å². The van der Waals surface area contributed by atoms with Crippen LogP contribution in [0.3, 0.4) is 0 Å². The number of ether oxygens (including phenoxy) is 1. The quantitative estimate of drug-likeness (QED) is 0.890. The topological polar surface area (TPSA) is 63.6 Å². The Morgan fingerprint density at radius 2 is 2.12 bits per heavy atom. The fourth-order valence-corrected chi connectivity index (χ4v) is 4.30. The summed E-state index contributed by atoms with van der Waals surface area (Å²) in [5.74, 6) is 0.0856. The number of pyridine rings is 1. The number of hydrogen-bond donors (Lipinski definition) is 1. The molecular weight excluding hydrogens is 306 g/mol. The Morgan fingerprint density at radius 1 is 1.42 bits per heavy atom. The minimum absolute atomic E-state index is 0.0372. The second kappa shape index (κ2) is 6.33. The highest BCUT2D eigenvalue weighted by Gasteiger charge is 2.55. The normalized spacial score (nSPS) is 28.6. The summed E-state index contributed by atoms with van der Waals surface area (Å²) in [5.41, 5.74) is 1.69. The minimum Gasteiger partial charge on any atom is -0.376 e. The molecule has 1 aliphatic heterocycles. The molecule has 0 unspecified atom stereocenters. The first kappa shape index (κ1) is 17.2. The summed E-state index contributed by atoms with van der Waals surface area (Å²) >= 11 is 0. The van der Waals surface area contributed by atoms with Crippen LogP contribution in [-0.2, 0) is 11.3 Å². The lowest BCUT2D eigenvalue weighted by Crippen LogP contribution is -2.69. The monoisotopic (exact) mass is 333 g/mol. The van der Waals surface area contributed by atoms with Gasteiger partial charge in [0.05, 0.1) is 18.2 Å². The molecular formula is C18H27N3O3. The summed E-state index contributed by atoms with van der Waals surface area (Å²) < 4.78 is 7.43. The first-order valence-corrected chi connectivity index (χ1v) is 8.66. The van der Waals surface area contributed by atoms with Crippen molar-refractivity contribution in [3.05, 3.63) is 33.2 Å². The molecule has 24 heavy (non-hydrogen) atoms. The third-order valence-electron chi connectivity index (χ3n) is 5.49. The van der Waals surface area contributed by atoms with Crippen molar-refractivity contribution in [3.63, 3.8) is 0 Å². The van der Waals surface area contributed by atoms with Gasteiger partial charge in [-0.05, 0) is 52.9 Å². The van der Waals surface area contributed by atoms with Gasteiger partial charge in [0.25, 0.3) is 11.5 Å². The van der Waals surface area contributed by atoms with Crippen LogP contribution >= 0.6 is 0 Å². The Morgan fingerprint density at radius 3 is 2.75 bits per heavy atom. The van der Waals surface area contributed by atoms with E-state index in [1.54, 1.807) is 4.57 Å². The van der Waals surface area contributed by atoms with Crippen LogP contribution in [0, 0.1) is 19.8 Å². The van der Waals surface area contributed by atoms with E-state index in [0.29, 0.717) is 12.5 Å². The number of hydrogen-bond acceptors (Lipinski definition) is 4. The molecule has 6 heteroatoms. The predicted molar refractivity (Wildman–Crippen MR) is 92.4 cm³/mol. The summed E-state index contributed by atoms with van der Waals surface area (Å²) in [6, 6.07) is 2.11. The fourth-order valence-electron chi connectivity index (χ4n) is 4.30. The molecule has 0 bridgehead atoms. The molecule has 1 saturated carbocycles. The van der Waals surface area contributed by atoms with Gasteiger partial charge in [-0.15, -0.1) is 0 Å².